The van der Waals surface area contributed by atoms with Gasteiger partial charge in [-0.25, -0.2) is 8.42 Å². The third-order valence-electron chi connectivity index (χ3n) is 4.47. The second-order valence-corrected chi connectivity index (χ2v) is 9.92. The zero-order valence-corrected chi connectivity index (χ0v) is 19.3. The van der Waals surface area contributed by atoms with Crippen molar-refractivity contribution in [3.8, 4) is 0 Å². The van der Waals surface area contributed by atoms with Crippen LogP contribution in [0.3, 0.4) is 0 Å². The Hall–Kier alpha value is -2.09. The van der Waals surface area contributed by atoms with Gasteiger partial charge in [0.2, 0.25) is 15.9 Å². The summed E-state index contributed by atoms with van der Waals surface area (Å²) in [7, 11) is -3.94. The Morgan fingerprint density at radius 3 is 2.19 bits per heavy atom. The molecule has 5 nitrogen and oxygen atoms in total. The van der Waals surface area contributed by atoms with E-state index in [2.05, 4.69) is 5.32 Å². The van der Waals surface area contributed by atoms with E-state index in [0.29, 0.717) is 27.2 Å². The van der Waals surface area contributed by atoms with Crippen LogP contribution in [-0.4, -0.2) is 31.7 Å². The number of amides is 1. The predicted octanol–water partition coefficient (Wildman–Crippen LogP) is 5.52. The zero-order chi connectivity index (χ0) is 22.4. The van der Waals surface area contributed by atoms with E-state index >= 15 is 0 Å². The number of sulfonamides is 1. The minimum Gasteiger partial charge on any atom is -0.324 e. The van der Waals surface area contributed by atoms with Crippen LogP contribution >= 0.6 is 34.8 Å². The molecule has 162 valence electrons. The molecule has 0 unspecified atom stereocenters. The van der Waals surface area contributed by atoms with Gasteiger partial charge in [0.15, 0.2) is 0 Å². The molecule has 0 saturated heterocycles. The number of rotatable bonds is 8. The third-order valence-corrected chi connectivity index (χ3v) is 7.14. The summed E-state index contributed by atoms with van der Waals surface area (Å²) in [6.45, 7) is -0.272. The molecule has 0 aliphatic rings. The molecule has 3 rings (SSSR count). The van der Waals surface area contributed by atoms with Crippen LogP contribution in [0.5, 0.6) is 0 Å². The molecule has 3 aromatic rings. The van der Waals surface area contributed by atoms with E-state index in [1.165, 1.54) is 30.3 Å². The molecule has 0 bridgehead atoms. The van der Waals surface area contributed by atoms with Crippen LogP contribution in [0.4, 0.5) is 5.69 Å². The molecule has 1 amide bonds. The van der Waals surface area contributed by atoms with E-state index in [4.69, 9.17) is 34.8 Å². The van der Waals surface area contributed by atoms with Gasteiger partial charge in [0.1, 0.15) is 0 Å². The van der Waals surface area contributed by atoms with Crippen molar-refractivity contribution in [3.63, 3.8) is 0 Å². The molecular weight excluding hydrogens is 479 g/mol. The summed E-state index contributed by atoms with van der Waals surface area (Å²) >= 11 is 18.0. The highest BCUT2D eigenvalue weighted by atomic mass is 35.5. The minimum atomic E-state index is -3.94. The summed E-state index contributed by atoms with van der Waals surface area (Å²) in [4.78, 5) is 12.7. The van der Waals surface area contributed by atoms with E-state index in [-0.39, 0.29) is 18.0 Å². The Bertz CT molecular complexity index is 1150. The number of nitrogens with zero attached hydrogens (tertiary/aromatic N) is 1. The number of carbonyl (C=O) groups is 1. The van der Waals surface area contributed by atoms with Gasteiger partial charge in [-0.3, -0.25) is 4.79 Å². The van der Waals surface area contributed by atoms with Gasteiger partial charge in [-0.2, -0.15) is 4.31 Å². The van der Waals surface area contributed by atoms with Gasteiger partial charge in [-0.15, -0.1) is 0 Å². The maximum atomic E-state index is 13.2. The summed E-state index contributed by atoms with van der Waals surface area (Å²) in [5.41, 5.74) is 1.27. The van der Waals surface area contributed by atoms with Crippen LogP contribution in [0.2, 0.25) is 15.1 Å². The molecule has 0 radical (unpaired) electrons. The second kappa shape index (κ2) is 10.5. The lowest BCUT2D eigenvalue weighted by atomic mass is 10.1. The SMILES string of the molecule is O=C(CN(CCc1ccccc1)S(=O)(=O)c1ccc(Cl)cc1)Nc1cc(Cl)ccc1Cl. The first-order valence-electron chi connectivity index (χ1n) is 9.30. The fourth-order valence-electron chi connectivity index (χ4n) is 2.88. The molecule has 0 heterocycles. The van der Waals surface area contributed by atoms with Crippen molar-refractivity contribution in [1.82, 2.24) is 4.31 Å². The average Bonchev–Trinajstić information content (AvgIpc) is 2.74. The number of halogens is 3. The van der Waals surface area contributed by atoms with Crippen LogP contribution in [0, 0.1) is 0 Å². The molecule has 1 N–H and O–H groups in total. The maximum Gasteiger partial charge on any atom is 0.243 e. The molecule has 0 fully saturated rings. The molecule has 9 heteroatoms. The average molecular weight is 498 g/mol. The molecule has 0 aromatic heterocycles. The number of nitrogens with one attached hydrogen (secondary N) is 1. The Morgan fingerprint density at radius 1 is 0.871 bits per heavy atom. The topological polar surface area (TPSA) is 66.5 Å². The summed E-state index contributed by atoms with van der Waals surface area (Å²) in [6.07, 6.45) is 0.443. The molecule has 0 atom stereocenters. The Morgan fingerprint density at radius 2 is 1.52 bits per heavy atom. The zero-order valence-electron chi connectivity index (χ0n) is 16.3. The van der Waals surface area contributed by atoms with Gasteiger partial charge in [-0.05, 0) is 54.4 Å². The quantitative estimate of drug-likeness (QED) is 0.446. The maximum absolute atomic E-state index is 13.2. The first-order chi connectivity index (χ1) is 14.8. The lowest BCUT2D eigenvalue weighted by molar-refractivity contribution is -0.116. The van der Waals surface area contributed by atoms with E-state index in [9.17, 15) is 13.2 Å². The van der Waals surface area contributed by atoms with Gasteiger partial charge < -0.3 is 5.32 Å². The molecule has 0 saturated carbocycles. The lowest BCUT2D eigenvalue weighted by Gasteiger charge is -2.22. The highest BCUT2D eigenvalue weighted by Gasteiger charge is 2.26. The standard InChI is InChI=1S/C22H19Cl3N2O3S/c23-17-6-9-19(10-7-17)31(29,30)27(13-12-16-4-2-1-3-5-16)15-22(28)26-21-14-18(24)8-11-20(21)25/h1-11,14H,12-13,15H2,(H,26,28). The number of carbonyl (C=O) groups excluding carboxylic acids is 1. The molecular formula is C22H19Cl3N2O3S. The van der Waals surface area contributed by atoms with Crippen molar-refractivity contribution in [3.05, 3.63) is 93.4 Å². The summed E-state index contributed by atoms with van der Waals surface area (Å²) in [5.74, 6) is -0.533. The van der Waals surface area contributed by atoms with Gasteiger partial charge in [0.25, 0.3) is 0 Å². The van der Waals surface area contributed by atoms with Crippen molar-refractivity contribution < 1.29 is 13.2 Å². The Kier molecular flexibility index (Phi) is 7.97. The van der Waals surface area contributed by atoms with E-state index in [1.807, 2.05) is 30.3 Å². The molecule has 0 aliphatic heterocycles. The molecule has 3 aromatic carbocycles. The normalized spacial score (nSPS) is 11.5. The van der Waals surface area contributed by atoms with E-state index in [0.717, 1.165) is 9.87 Å². The highest BCUT2D eigenvalue weighted by molar-refractivity contribution is 7.89. The van der Waals surface area contributed by atoms with Crippen LogP contribution in [0.25, 0.3) is 0 Å². The Labute approximate surface area is 196 Å². The van der Waals surface area contributed by atoms with Gasteiger partial charge in [0.05, 0.1) is 22.2 Å². The number of anilines is 1. The smallest absolute Gasteiger partial charge is 0.243 e. The van der Waals surface area contributed by atoms with Crippen LogP contribution in [0.1, 0.15) is 5.56 Å². The minimum absolute atomic E-state index is 0.0542. The van der Waals surface area contributed by atoms with Crippen molar-refractivity contribution in [2.45, 2.75) is 11.3 Å². The van der Waals surface area contributed by atoms with Gasteiger partial charge >= 0.3 is 0 Å². The van der Waals surface area contributed by atoms with Crippen LogP contribution in [0.15, 0.2) is 77.7 Å². The van der Waals surface area contributed by atoms with E-state index < -0.39 is 15.9 Å². The van der Waals surface area contributed by atoms with Crippen molar-refractivity contribution in [1.29, 1.82) is 0 Å². The number of hydrogen-bond donors (Lipinski definition) is 1. The van der Waals surface area contributed by atoms with Crippen LogP contribution in [-0.2, 0) is 21.2 Å². The number of benzene rings is 3. The van der Waals surface area contributed by atoms with Gasteiger partial charge in [-0.1, -0.05) is 65.1 Å². The van der Waals surface area contributed by atoms with Crippen molar-refractivity contribution in [2.75, 3.05) is 18.4 Å². The van der Waals surface area contributed by atoms with E-state index in [1.54, 1.807) is 12.1 Å². The monoisotopic (exact) mass is 496 g/mol. The lowest BCUT2D eigenvalue weighted by Crippen LogP contribution is -2.39. The predicted molar refractivity (Wildman–Crippen MR) is 125 cm³/mol. The van der Waals surface area contributed by atoms with Crippen LogP contribution < -0.4 is 5.32 Å². The van der Waals surface area contributed by atoms with Crippen molar-refractivity contribution in [2.24, 2.45) is 0 Å². The van der Waals surface area contributed by atoms with Crippen molar-refractivity contribution >= 4 is 56.4 Å². The summed E-state index contributed by atoms with van der Waals surface area (Å²) in [5, 5.41) is 3.75. The first-order valence-corrected chi connectivity index (χ1v) is 11.9. The summed E-state index contributed by atoms with van der Waals surface area (Å²) in [6, 6.07) is 19.9. The number of hydrogen-bond acceptors (Lipinski definition) is 3. The summed E-state index contributed by atoms with van der Waals surface area (Å²) < 4.78 is 27.6. The third kappa shape index (κ3) is 6.45. The molecule has 0 spiro atoms. The molecule has 31 heavy (non-hydrogen) atoms. The highest BCUT2D eigenvalue weighted by Crippen LogP contribution is 2.26. The second-order valence-electron chi connectivity index (χ2n) is 6.70. The first kappa shape index (κ1) is 23.6. The molecule has 0 aliphatic carbocycles. The largest absolute Gasteiger partial charge is 0.324 e. The fourth-order valence-corrected chi connectivity index (χ4v) is 4.74. The van der Waals surface area contributed by atoms with Gasteiger partial charge in [0, 0.05) is 16.6 Å². The fraction of sp³-hybridized carbons (Fsp3) is 0.136. The Balaban J connectivity index is 1.83.